The van der Waals surface area contributed by atoms with Crippen molar-refractivity contribution < 1.29 is 13.9 Å². The van der Waals surface area contributed by atoms with Crippen LogP contribution >= 0.6 is 11.6 Å². The van der Waals surface area contributed by atoms with E-state index >= 15 is 0 Å². The zero-order valence-corrected chi connectivity index (χ0v) is 13.4. The van der Waals surface area contributed by atoms with Crippen molar-refractivity contribution >= 4 is 17.7 Å². The van der Waals surface area contributed by atoms with Crippen LogP contribution < -0.4 is 0 Å². The lowest BCUT2D eigenvalue weighted by atomic mass is 9.89. The predicted molar refractivity (Wildman–Crippen MR) is 81.2 cm³/mol. The fraction of sp³-hybridized carbons (Fsp3) is 0.562. The number of carbonyl (C=O) groups excluding carboxylic acids is 1. The molecule has 0 bridgehead atoms. The summed E-state index contributed by atoms with van der Waals surface area (Å²) in [6, 6.07) is 4.79. The standard InChI is InChI=1S/C16H21ClFNO2/c1-16(2,3)21-15(20)19-8-6-11(7-9-19)13-5-4-12(17)10-14(13)18/h4-5,10-11H,6-9H2,1-3H3. The Hall–Kier alpha value is -1.29. The van der Waals surface area contributed by atoms with Crippen LogP contribution in [0.2, 0.25) is 5.02 Å². The van der Waals surface area contributed by atoms with Gasteiger partial charge < -0.3 is 9.64 Å². The van der Waals surface area contributed by atoms with E-state index in [1.165, 1.54) is 6.07 Å². The van der Waals surface area contributed by atoms with Gasteiger partial charge in [0.1, 0.15) is 11.4 Å². The molecule has 3 nitrogen and oxygen atoms in total. The second-order valence-electron chi connectivity index (χ2n) is 6.41. The van der Waals surface area contributed by atoms with E-state index in [1.807, 2.05) is 20.8 Å². The molecule has 0 radical (unpaired) electrons. The molecule has 1 amide bonds. The van der Waals surface area contributed by atoms with Crippen LogP contribution in [-0.4, -0.2) is 29.7 Å². The Morgan fingerprint density at radius 1 is 1.33 bits per heavy atom. The molecule has 0 unspecified atom stereocenters. The summed E-state index contributed by atoms with van der Waals surface area (Å²) in [7, 11) is 0. The van der Waals surface area contributed by atoms with Gasteiger partial charge in [-0.3, -0.25) is 0 Å². The van der Waals surface area contributed by atoms with Crippen LogP contribution in [0.5, 0.6) is 0 Å². The van der Waals surface area contributed by atoms with E-state index in [-0.39, 0.29) is 17.8 Å². The van der Waals surface area contributed by atoms with Crippen LogP contribution in [0.3, 0.4) is 0 Å². The Bertz CT molecular complexity index is 519. The molecule has 0 spiro atoms. The predicted octanol–water partition coefficient (Wildman–Crippen LogP) is 4.59. The molecule has 0 aromatic heterocycles. The summed E-state index contributed by atoms with van der Waals surface area (Å²) in [5.41, 5.74) is 0.194. The number of ether oxygens (including phenoxy) is 1. The topological polar surface area (TPSA) is 29.5 Å². The van der Waals surface area contributed by atoms with Gasteiger partial charge in [0.05, 0.1) is 0 Å². The van der Waals surface area contributed by atoms with E-state index in [2.05, 4.69) is 0 Å². The lowest BCUT2D eigenvalue weighted by molar-refractivity contribution is 0.0204. The lowest BCUT2D eigenvalue weighted by Crippen LogP contribution is -2.41. The molecule has 1 aliphatic heterocycles. The maximum atomic E-state index is 13.9. The first-order valence-corrected chi connectivity index (χ1v) is 7.57. The summed E-state index contributed by atoms with van der Waals surface area (Å²) in [6.07, 6.45) is 1.17. The number of amides is 1. The number of nitrogens with zero attached hydrogens (tertiary/aromatic N) is 1. The number of benzene rings is 1. The van der Waals surface area contributed by atoms with Crippen molar-refractivity contribution in [2.24, 2.45) is 0 Å². The maximum absolute atomic E-state index is 13.9. The van der Waals surface area contributed by atoms with Crippen LogP contribution in [0.4, 0.5) is 9.18 Å². The highest BCUT2D eigenvalue weighted by Crippen LogP contribution is 2.31. The minimum atomic E-state index is -0.490. The van der Waals surface area contributed by atoms with Crippen LogP contribution in [0.1, 0.15) is 45.1 Å². The third kappa shape index (κ3) is 4.34. The maximum Gasteiger partial charge on any atom is 0.410 e. The van der Waals surface area contributed by atoms with E-state index in [4.69, 9.17) is 16.3 Å². The van der Waals surface area contributed by atoms with Gasteiger partial charge in [0.15, 0.2) is 0 Å². The Kier molecular flexibility index (Phi) is 4.77. The van der Waals surface area contributed by atoms with Gasteiger partial charge in [-0.15, -0.1) is 0 Å². The smallest absolute Gasteiger partial charge is 0.410 e. The monoisotopic (exact) mass is 313 g/mol. The molecular weight excluding hydrogens is 293 g/mol. The van der Waals surface area contributed by atoms with E-state index in [1.54, 1.807) is 17.0 Å². The number of carbonyl (C=O) groups is 1. The molecule has 21 heavy (non-hydrogen) atoms. The summed E-state index contributed by atoms with van der Waals surface area (Å²) in [4.78, 5) is 13.7. The van der Waals surface area contributed by atoms with Gasteiger partial charge in [-0.25, -0.2) is 9.18 Å². The van der Waals surface area contributed by atoms with Crippen LogP contribution in [0.15, 0.2) is 18.2 Å². The largest absolute Gasteiger partial charge is 0.444 e. The Morgan fingerprint density at radius 2 is 1.95 bits per heavy atom. The third-order valence-electron chi connectivity index (χ3n) is 3.55. The quantitative estimate of drug-likeness (QED) is 0.758. The molecule has 1 aromatic rings. The van der Waals surface area contributed by atoms with Crippen LogP contribution in [-0.2, 0) is 4.74 Å². The number of likely N-dealkylation sites (tertiary alicyclic amines) is 1. The number of rotatable bonds is 1. The van der Waals surface area contributed by atoms with E-state index in [9.17, 15) is 9.18 Å². The van der Waals surface area contributed by atoms with Crippen molar-refractivity contribution in [2.45, 2.75) is 45.1 Å². The first-order valence-electron chi connectivity index (χ1n) is 7.19. The Labute approximate surface area is 130 Å². The highest BCUT2D eigenvalue weighted by atomic mass is 35.5. The minimum Gasteiger partial charge on any atom is -0.444 e. The lowest BCUT2D eigenvalue weighted by Gasteiger charge is -2.33. The molecule has 0 N–H and O–H groups in total. The molecule has 2 rings (SSSR count). The summed E-state index contributed by atoms with van der Waals surface area (Å²) < 4.78 is 19.3. The van der Waals surface area contributed by atoms with Gasteiger partial charge in [0.2, 0.25) is 0 Å². The number of halogens is 2. The molecular formula is C16H21ClFNO2. The van der Waals surface area contributed by atoms with E-state index in [0.29, 0.717) is 23.7 Å². The van der Waals surface area contributed by atoms with Gasteiger partial charge in [0.25, 0.3) is 0 Å². The fourth-order valence-corrected chi connectivity index (χ4v) is 2.69. The van der Waals surface area contributed by atoms with E-state index < -0.39 is 5.60 Å². The molecule has 1 aromatic carbocycles. The van der Waals surface area contributed by atoms with Crippen molar-refractivity contribution in [1.29, 1.82) is 0 Å². The van der Waals surface area contributed by atoms with Crippen LogP contribution in [0, 0.1) is 5.82 Å². The highest BCUT2D eigenvalue weighted by Gasteiger charge is 2.28. The van der Waals surface area contributed by atoms with Gasteiger partial charge in [-0.2, -0.15) is 0 Å². The summed E-state index contributed by atoms with van der Waals surface area (Å²) in [5.74, 6) is -0.140. The molecule has 1 aliphatic rings. The molecule has 1 saturated heterocycles. The summed E-state index contributed by atoms with van der Waals surface area (Å²) in [5, 5.41) is 0.405. The third-order valence-corrected chi connectivity index (χ3v) is 3.78. The van der Waals surface area contributed by atoms with Gasteiger partial charge in [-0.05, 0) is 57.2 Å². The van der Waals surface area contributed by atoms with Gasteiger partial charge >= 0.3 is 6.09 Å². The molecule has 0 saturated carbocycles. The minimum absolute atomic E-state index is 0.126. The van der Waals surface area contributed by atoms with Crippen molar-refractivity contribution in [3.8, 4) is 0 Å². The molecule has 0 atom stereocenters. The van der Waals surface area contributed by atoms with Crippen LogP contribution in [0.25, 0.3) is 0 Å². The average molecular weight is 314 g/mol. The second-order valence-corrected chi connectivity index (χ2v) is 6.84. The van der Waals surface area contributed by atoms with Crippen molar-refractivity contribution in [2.75, 3.05) is 13.1 Å². The molecule has 5 heteroatoms. The SMILES string of the molecule is CC(C)(C)OC(=O)N1CCC(c2ccc(Cl)cc2F)CC1. The summed E-state index contributed by atoms with van der Waals surface area (Å²) in [6.45, 7) is 6.71. The average Bonchev–Trinajstić information content (AvgIpc) is 2.37. The molecule has 0 aliphatic carbocycles. The van der Waals surface area contributed by atoms with Crippen molar-refractivity contribution in [3.63, 3.8) is 0 Å². The van der Waals surface area contributed by atoms with E-state index in [0.717, 1.165) is 12.8 Å². The zero-order valence-electron chi connectivity index (χ0n) is 12.7. The molecule has 116 valence electrons. The second kappa shape index (κ2) is 6.22. The summed E-state index contributed by atoms with van der Waals surface area (Å²) >= 11 is 5.77. The van der Waals surface area contributed by atoms with Gasteiger partial charge in [-0.1, -0.05) is 17.7 Å². The first-order chi connectivity index (χ1) is 9.76. The number of hydrogen-bond donors (Lipinski definition) is 0. The fourth-order valence-electron chi connectivity index (χ4n) is 2.53. The number of piperidine rings is 1. The molecule has 1 fully saturated rings. The van der Waals surface area contributed by atoms with Crippen molar-refractivity contribution in [3.05, 3.63) is 34.6 Å². The zero-order chi connectivity index (χ0) is 15.6. The Morgan fingerprint density at radius 3 is 2.48 bits per heavy atom. The number of hydrogen-bond acceptors (Lipinski definition) is 2. The highest BCUT2D eigenvalue weighted by molar-refractivity contribution is 6.30. The van der Waals surface area contributed by atoms with Crippen molar-refractivity contribution in [1.82, 2.24) is 4.90 Å². The first kappa shape index (κ1) is 16.1. The molecule has 1 heterocycles. The Balaban J connectivity index is 1.95. The van der Waals surface area contributed by atoms with Gasteiger partial charge in [0, 0.05) is 18.1 Å². The normalized spacial score (nSPS) is 16.9.